The number of carbonyl (C=O) groups excluding carboxylic acids is 1. The van der Waals surface area contributed by atoms with Crippen molar-refractivity contribution in [2.24, 2.45) is 11.5 Å². The molecule has 24 heavy (non-hydrogen) atoms. The van der Waals surface area contributed by atoms with Crippen molar-refractivity contribution in [2.45, 2.75) is 25.3 Å². The van der Waals surface area contributed by atoms with Gasteiger partial charge in [-0.3, -0.25) is 0 Å². The van der Waals surface area contributed by atoms with Crippen molar-refractivity contribution < 1.29 is 191 Å². The van der Waals surface area contributed by atoms with Gasteiger partial charge in [-0.25, -0.2) is 0 Å². The smallest absolute Gasteiger partial charge is 0.790 e. The third-order valence-corrected chi connectivity index (χ3v) is 3.07. The summed E-state index contributed by atoms with van der Waals surface area (Å²) < 4.78 is 21.2. The predicted octanol–water partition coefficient (Wildman–Crippen LogP) is -20.1. The van der Waals surface area contributed by atoms with Gasteiger partial charge in [-0.05, 0) is 19.4 Å². The molecule has 4 N–H and O–H groups in total. The maximum Gasteiger partial charge on any atom is 1.00 e. The number of carboxylic acids is 1. The second kappa shape index (κ2) is 25.7. The molecule has 0 spiro atoms. The second-order valence-electron chi connectivity index (χ2n) is 3.19. The van der Waals surface area contributed by atoms with Crippen molar-refractivity contribution in [1.29, 1.82) is 0 Å². The van der Waals surface area contributed by atoms with Gasteiger partial charge in [-0.1, -0.05) is 6.42 Å². The number of aliphatic carboxylic acids is 1. The molecule has 0 aromatic heterocycles. The molecule has 18 heteroatoms. The van der Waals surface area contributed by atoms with Crippen LogP contribution in [0.4, 0.5) is 0 Å². The molecule has 0 aromatic rings. The summed E-state index contributed by atoms with van der Waals surface area (Å²) in [5.41, 5.74) is 10.3. The van der Waals surface area contributed by atoms with Gasteiger partial charge in [-0.2, -0.15) is 0 Å². The van der Waals surface area contributed by atoms with Crippen molar-refractivity contribution in [3.63, 3.8) is 0 Å². The molecule has 0 saturated carbocycles. The van der Waals surface area contributed by atoms with Crippen LogP contribution in [0.3, 0.4) is 0 Å². The van der Waals surface area contributed by atoms with Gasteiger partial charge >= 0.3 is 148 Å². The Morgan fingerprint density at radius 3 is 1.42 bits per heavy atom. The summed E-state index contributed by atoms with van der Waals surface area (Å²) in [5.74, 6) is -1.18. The fourth-order valence-corrected chi connectivity index (χ4v) is 1.73. The number of unbranched alkanes of at least 4 members (excludes halogenated alkanes) is 1. The number of hydrogen-bond donors (Lipinski definition) is 2. The minimum absolute atomic E-state index is 0. The molecule has 0 rings (SSSR count). The Morgan fingerprint density at radius 2 is 1.25 bits per heavy atom. The average molecular weight is 434 g/mol. The van der Waals surface area contributed by atoms with Crippen LogP contribution in [-0.4, -0.2) is 18.6 Å². The van der Waals surface area contributed by atoms with Crippen LogP contribution in [0.5, 0.6) is 0 Å². The van der Waals surface area contributed by atoms with Gasteiger partial charge in [0.2, 0.25) is 0 Å². The van der Waals surface area contributed by atoms with Gasteiger partial charge in [0.05, 0.1) is 21.6 Å². The van der Waals surface area contributed by atoms with Crippen LogP contribution in [0.2, 0.25) is 0 Å². The van der Waals surface area contributed by atoms with Crippen molar-refractivity contribution in [2.75, 3.05) is 6.54 Å². The monoisotopic (exact) mass is 434 g/mol. The van der Waals surface area contributed by atoms with E-state index in [9.17, 15) is 38.6 Å². The van der Waals surface area contributed by atoms with Gasteiger partial charge in [0.25, 0.3) is 0 Å². The molecule has 0 unspecified atom stereocenters. The zero-order valence-electron chi connectivity index (χ0n) is 14.6. The zero-order chi connectivity index (χ0) is 15.7. The summed E-state index contributed by atoms with van der Waals surface area (Å²) in [4.78, 5) is 47.3. The average Bonchev–Trinajstić information content (AvgIpc) is 2.12. The Labute approximate surface area is 251 Å². The Hall–Kier alpha value is 4.65. The topological polar surface area (TPSA) is 228 Å². The molecular weight excluding hydrogens is 421 g/mol. The van der Waals surface area contributed by atoms with Gasteiger partial charge in [0, 0.05) is 6.04 Å². The Morgan fingerprint density at radius 1 is 0.917 bits per heavy atom. The third kappa shape index (κ3) is 45.4. The van der Waals surface area contributed by atoms with E-state index < -0.39 is 27.7 Å². The Kier molecular flexibility index (Phi) is 50.0. The molecule has 0 fully saturated rings. The molecule has 0 bridgehead atoms. The van der Waals surface area contributed by atoms with Crippen molar-refractivity contribution in [3.8, 4) is 0 Å². The number of phosphoric acid groups is 2. The minimum atomic E-state index is -5.68. The molecule has 116 valence electrons. The van der Waals surface area contributed by atoms with Crippen LogP contribution in [-0.2, 0) is 18.2 Å². The maximum atomic E-state index is 10.0. The van der Waals surface area contributed by atoms with Crippen molar-refractivity contribution >= 4 is 21.6 Å². The molecule has 0 aliphatic rings. The number of carbonyl (C=O) groups is 1. The molecule has 0 aliphatic heterocycles. The molecule has 0 aliphatic carbocycles. The molecule has 0 aromatic carbocycles. The van der Waals surface area contributed by atoms with E-state index in [0.717, 1.165) is 12.8 Å². The van der Waals surface area contributed by atoms with E-state index in [2.05, 4.69) is 4.31 Å². The summed E-state index contributed by atoms with van der Waals surface area (Å²) in [6, 6.07) is -0.827. The van der Waals surface area contributed by atoms with Crippen molar-refractivity contribution in [3.05, 3.63) is 0 Å². The van der Waals surface area contributed by atoms with E-state index in [4.69, 9.17) is 11.5 Å². The molecule has 0 saturated heterocycles. The molecule has 11 nitrogen and oxygen atoms in total. The standard InChI is InChI=1S/C6H14N2O2.5Na.H4O7P2/c7-4-2-1-3-5(8)6(9)10;;;;;;1-8(2,3)7-9(4,5)6/h5H,1-4,7-8H2,(H,9,10);;;;;;(H2,1,2,3)(H2,4,5,6)/q;5*+1;/p-5/t5-;;;;;;/m0....../s1. The minimum Gasteiger partial charge on any atom is -0.790 e. The first-order valence-corrected chi connectivity index (χ1v) is 7.73. The van der Waals surface area contributed by atoms with Crippen LogP contribution >= 0.6 is 15.6 Å². The van der Waals surface area contributed by atoms with Gasteiger partial charge in [-0.15, -0.1) is 0 Å². The van der Waals surface area contributed by atoms with E-state index in [1.165, 1.54) is 0 Å². The van der Waals surface area contributed by atoms with E-state index in [-0.39, 0.29) is 148 Å². The van der Waals surface area contributed by atoms with Gasteiger partial charge in [0.15, 0.2) is 0 Å². The first kappa shape index (κ1) is 46.7. The normalized spacial score (nSPS) is 10.6. The van der Waals surface area contributed by atoms with Gasteiger partial charge < -0.3 is 54.4 Å². The summed E-state index contributed by atoms with van der Waals surface area (Å²) in [5, 5.41) is 10.0. The molecular formula is C6H13N2Na5O9P2. The first-order chi connectivity index (χ1) is 8.39. The quantitative estimate of drug-likeness (QED) is 0.217. The second-order valence-corrected chi connectivity index (χ2v) is 5.63. The summed E-state index contributed by atoms with van der Waals surface area (Å²) in [7, 11) is -11.4. The zero-order valence-corrected chi connectivity index (χ0v) is 26.4. The Bertz CT molecular complexity index is 348. The van der Waals surface area contributed by atoms with E-state index in [1.807, 2.05) is 0 Å². The maximum absolute atomic E-state index is 10.0. The SMILES string of the molecule is NCCCC[C@H](N)C(=O)[O-].O=P([O-])([O-])OP(=O)([O-])[O-].[Na+].[Na+].[Na+].[Na+].[Na+]. The Balaban J connectivity index is -0.0000000400. The van der Waals surface area contributed by atoms with Crippen LogP contribution < -0.4 is 184 Å². The first-order valence-electron chi connectivity index (χ1n) is 4.81. The van der Waals surface area contributed by atoms with Gasteiger partial charge in [0.1, 0.15) is 0 Å². The van der Waals surface area contributed by atoms with Crippen LogP contribution in [0, 0.1) is 0 Å². The summed E-state index contributed by atoms with van der Waals surface area (Å²) in [6.45, 7) is 0.583. The van der Waals surface area contributed by atoms with E-state index >= 15 is 0 Å². The third-order valence-electron chi connectivity index (χ3n) is 1.47. The van der Waals surface area contributed by atoms with Crippen LogP contribution in [0.25, 0.3) is 0 Å². The fourth-order valence-electron chi connectivity index (χ4n) is 0.749. The van der Waals surface area contributed by atoms with Crippen molar-refractivity contribution in [1.82, 2.24) is 0 Å². The van der Waals surface area contributed by atoms with Crippen LogP contribution in [0.15, 0.2) is 0 Å². The summed E-state index contributed by atoms with van der Waals surface area (Å²) in [6.07, 6.45) is 2.03. The van der Waals surface area contributed by atoms with E-state index in [0.29, 0.717) is 13.0 Å². The molecule has 0 heterocycles. The number of carboxylic acid groups (broad SMARTS) is 1. The summed E-state index contributed by atoms with van der Waals surface area (Å²) >= 11 is 0. The largest absolute Gasteiger partial charge is 1.00 e. The van der Waals surface area contributed by atoms with E-state index in [1.54, 1.807) is 0 Å². The number of hydrogen-bond acceptors (Lipinski definition) is 11. The molecule has 0 amide bonds. The number of rotatable bonds is 7. The predicted molar refractivity (Wildman–Crippen MR) is 52.2 cm³/mol. The molecule has 1 atom stereocenters. The van der Waals surface area contributed by atoms with Crippen LogP contribution in [0.1, 0.15) is 19.3 Å². The molecule has 0 radical (unpaired) electrons. The number of nitrogens with two attached hydrogens (primary N) is 2. The fraction of sp³-hybridized carbons (Fsp3) is 0.833.